The van der Waals surface area contributed by atoms with Crippen LogP contribution in [0.25, 0.3) is 0 Å². The molecule has 0 atom stereocenters. The maximum absolute atomic E-state index is 13.6. The number of imide groups is 1. The summed E-state index contributed by atoms with van der Waals surface area (Å²) >= 11 is 0. The number of hydrogen-bond donors (Lipinski definition) is 0. The number of hydrogen-bond acceptors (Lipinski definition) is 5. The van der Waals surface area contributed by atoms with Crippen LogP contribution in [-0.2, 0) is 14.4 Å². The summed E-state index contributed by atoms with van der Waals surface area (Å²) in [5, 5.41) is 0.117. The van der Waals surface area contributed by atoms with Gasteiger partial charge in [0.05, 0.1) is 11.1 Å². The first kappa shape index (κ1) is 14.4. The van der Waals surface area contributed by atoms with Crippen LogP contribution in [0.2, 0.25) is 0 Å². The molecule has 1 aliphatic rings. The van der Waals surface area contributed by atoms with Crippen molar-refractivity contribution in [2.24, 2.45) is 0 Å². The number of amides is 2. The first-order valence-corrected chi connectivity index (χ1v) is 7.49. The van der Waals surface area contributed by atoms with Crippen molar-refractivity contribution in [1.82, 2.24) is 5.06 Å². The number of carbonyl (C=O) groups excluding carboxylic acids is 2. The molecule has 0 bridgehead atoms. The van der Waals surface area contributed by atoms with Crippen molar-refractivity contribution >= 4 is 21.9 Å². The SMILES string of the molecule is O=C1c2ccccc2C(=O)N1OS(=O)(=O)c1ccccc1F. The van der Waals surface area contributed by atoms with E-state index in [-0.39, 0.29) is 16.2 Å². The van der Waals surface area contributed by atoms with Crippen LogP contribution in [0.3, 0.4) is 0 Å². The predicted octanol–water partition coefficient (Wildman–Crippen LogP) is 1.74. The van der Waals surface area contributed by atoms with Crippen LogP contribution in [0, 0.1) is 5.82 Å². The van der Waals surface area contributed by atoms with Crippen molar-refractivity contribution in [3.05, 3.63) is 65.5 Å². The Morgan fingerprint density at radius 3 is 1.91 bits per heavy atom. The van der Waals surface area contributed by atoms with Gasteiger partial charge in [-0.3, -0.25) is 9.59 Å². The molecule has 0 saturated carbocycles. The van der Waals surface area contributed by atoms with Gasteiger partial charge in [0.15, 0.2) is 0 Å². The van der Waals surface area contributed by atoms with E-state index in [2.05, 4.69) is 4.28 Å². The second-order valence-electron chi connectivity index (χ2n) is 4.41. The number of fused-ring (bicyclic) bond motifs is 1. The summed E-state index contributed by atoms with van der Waals surface area (Å²) in [5.74, 6) is -2.87. The van der Waals surface area contributed by atoms with Crippen LogP contribution in [0.15, 0.2) is 53.4 Å². The second kappa shape index (κ2) is 5.00. The lowest BCUT2D eigenvalue weighted by molar-refractivity contribution is -0.0105. The van der Waals surface area contributed by atoms with Crippen molar-refractivity contribution in [3.63, 3.8) is 0 Å². The lowest BCUT2D eigenvalue weighted by Gasteiger charge is -2.13. The monoisotopic (exact) mass is 321 g/mol. The Kier molecular flexibility index (Phi) is 3.27. The molecule has 0 aliphatic carbocycles. The highest BCUT2D eigenvalue weighted by atomic mass is 32.2. The first-order chi connectivity index (χ1) is 10.4. The minimum atomic E-state index is -4.65. The highest BCUT2D eigenvalue weighted by Gasteiger charge is 2.40. The third kappa shape index (κ3) is 2.18. The van der Waals surface area contributed by atoms with Gasteiger partial charge in [-0.05, 0) is 24.3 Å². The normalized spacial score (nSPS) is 14.3. The van der Waals surface area contributed by atoms with E-state index in [1.165, 1.54) is 36.4 Å². The minimum absolute atomic E-state index is 0.0243. The molecule has 2 amide bonds. The second-order valence-corrected chi connectivity index (χ2v) is 5.91. The Morgan fingerprint density at radius 2 is 1.36 bits per heavy atom. The molecule has 8 heteroatoms. The van der Waals surface area contributed by atoms with Gasteiger partial charge >= 0.3 is 10.1 Å². The summed E-state index contributed by atoms with van der Waals surface area (Å²) in [4.78, 5) is 23.3. The fraction of sp³-hybridized carbons (Fsp3) is 0. The molecular weight excluding hydrogens is 313 g/mol. The van der Waals surface area contributed by atoms with Crippen molar-refractivity contribution in [3.8, 4) is 0 Å². The molecular formula is C14H8FNO5S. The predicted molar refractivity (Wildman–Crippen MR) is 71.6 cm³/mol. The number of hydroxylamine groups is 2. The van der Waals surface area contributed by atoms with E-state index in [4.69, 9.17) is 0 Å². The molecule has 0 fully saturated rings. The van der Waals surface area contributed by atoms with E-state index in [0.29, 0.717) is 0 Å². The van der Waals surface area contributed by atoms with Crippen LogP contribution < -0.4 is 0 Å². The van der Waals surface area contributed by atoms with E-state index in [0.717, 1.165) is 12.1 Å². The summed E-state index contributed by atoms with van der Waals surface area (Å²) in [6, 6.07) is 10.3. The quantitative estimate of drug-likeness (QED) is 0.804. The Bertz CT molecular complexity index is 859. The maximum Gasteiger partial charge on any atom is 0.321 e. The minimum Gasteiger partial charge on any atom is -0.266 e. The number of nitrogens with zero attached hydrogens (tertiary/aromatic N) is 1. The van der Waals surface area contributed by atoms with Crippen LogP contribution in [-0.4, -0.2) is 25.3 Å². The standard InChI is InChI=1S/C14H8FNO5S/c15-11-7-3-4-8-12(11)22(19,20)21-16-13(17)9-5-1-2-6-10(9)14(16)18/h1-8H. The molecule has 0 spiro atoms. The third-order valence-corrected chi connectivity index (χ3v) is 4.25. The van der Waals surface area contributed by atoms with Gasteiger partial charge in [0.1, 0.15) is 10.7 Å². The highest BCUT2D eigenvalue weighted by molar-refractivity contribution is 7.86. The Morgan fingerprint density at radius 1 is 0.864 bits per heavy atom. The van der Waals surface area contributed by atoms with Crippen LogP contribution >= 0.6 is 0 Å². The first-order valence-electron chi connectivity index (χ1n) is 6.09. The highest BCUT2D eigenvalue weighted by Crippen LogP contribution is 2.26. The van der Waals surface area contributed by atoms with Gasteiger partial charge in [0, 0.05) is 0 Å². The van der Waals surface area contributed by atoms with Gasteiger partial charge in [-0.15, -0.1) is 9.35 Å². The molecule has 0 radical (unpaired) electrons. The molecule has 2 aromatic carbocycles. The molecule has 0 unspecified atom stereocenters. The fourth-order valence-corrected chi connectivity index (χ4v) is 2.98. The van der Waals surface area contributed by atoms with Crippen LogP contribution in [0.5, 0.6) is 0 Å². The van der Waals surface area contributed by atoms with Crippen LogP contribution in [0.4, 0.5) is 4.39 Å². The Hall–Kier alpha value is -2.58. The fourth-order valence-electron chi connectivity index (χ4n) is 2.02. The molecule has 0 aromatic heterocycles. The molecule has 2 aromatic rings. The van der Waals surface area contributed by atoms with Crippen LogP contribution in [0.1, 0.15) is 20.7 Å². The topological polar surface area (TPSA) is 80.8 Å². The van der Waals surface area contributed by atoms with E-state index in [1.54, 1.807) is 0 Å². The van der Waals surface area contributed by atoms with Crippen molar-refractivity contribution < 1.29 is 26.7 Å². The lowest BCUT2D eigenvalue weighted by atomic mass is 10.1. The van der Waals surface area contributed by atoms with Gasteiger partial charge in [-0.1, -0.05) is 24.3 Å². The molecule has 6 nitrogen and oxygen atoms in total. The summed E-state index contributed by atoms with van der Waals surface area (Å²) in [6.45, 7) is 0. The molecule has 1 aliphatic heterocycles. The van der Waals surface area contributed by atoms with Gasteiger partial charge in [-0.25, -0.2) is 4.39 Å². The average molecular weight is 321 g/mol. The van der Waals surface area contributed by atoms with Gasteiger partial charge in [-0.2, -0.15) is 8.42 Å². The van der Waals surface area contributed by atoms with E-state index < -0.39 is 32.6 Å². The number of halogens is 1. The zero-order valence-electron chi connectivity index (χ0n) is 10.9. The molecule has 22 heavy (non-hydrogen) atoms. The zero-order chi connectivity index (χ0) is 15.9. The summed E-state index contributed by atoms with van der Waals surface area (Å²) in [7, 11) is -4.65. The Labute approximate surface area is 124 Å². The zero-order valence-corrected chi connectivity index (χ0v) is 11.7. The summed E-state index contributed by atoms with van der Waals surface area (Å²) < 4.78 is 42.2. The third-order valence-electron chi connectivity index (χ3n) is 3.04. The summed E-state index contributed by atoms with van der Waals surface area (Å²) in [5.41, 5.74) is 0.0486. The van der Waals surface area contributed by atoms with Gasteiger partial charge in [0.25, 0.3) is 11.8 Å². The van der Waals surface area contributed by atoms with E-state index in [9.17, 15) is 22.4 Å². The largest absolute Gasteiger partial charge is 0.321 e. The number of rotatable bonds is 3. The molecule has 0 N–H and O–H groups in total. The molecule has 0 saturated heterocycles. The smallest absolute Gasteiger partial charge is 0.266 e. The maximum atomic E-state index is 13.6. The number of benzene rings is 2. The number of carbonyl (C=O) groups is 2. The van der Waals surface area contributed by atoms with Gasteiger partial charge in [0.2, 0.25) is 0 Å². The molecule has 112 valence electrons. The molecule has 3 rings (SSSR count). The van der Waals surface area contributed by atoms with E-state index in [1.807, 2.05) is 0 Å². The average Bonchev–Trinajstić information content (AvgIpc) is 2.73. The van der Waals surface area contributed by atoms with Crippen molar-refractivity contribution in [1.29, 1.82) is 0 Å². The Balaban J connectivity index is 1.97. The van der Waals surface area contributed by atoms with Crippen molar-refractivity contribution in [2.75, 3.05) is 0 Å². The van der Waals surface area contributed by atoms with Crippen molar-refractivity contribution in [2.45, 2.75) is 4.90 Å². The van der Waals surface area contributed by atoms with Gasteiger partial charge < -0.3 is 0 Å². The lowest BCUT2D eigenvalue weighted by Crippen LogP contribution is -2.33. The molecule has 1 heterocycles. The van der Waals surface area contributed by atoms with E-state index >= 15 is 0 Å². The summed E-state index contributed by atoms with van der Waals surface area (Å²) in [6.07, 6.45) is 0.